The second kappa shape index (κ2) is 4.13. The summed E-state index contributed by atoms with van der Waals surface area (Å²) in [5.41, 5.74) is 0. The molecule has 4 N–H and O–H groups in total. The summed E-state index contributed by atoms with van der Waals surface area (Å²) >= 11 is 0. The van der Waals surface area contributed by atoms with Crippen molar-refractivity contribution in [1.29, 1.82) is 0 Å². The summed E-state index contributed by atoms with van der Waals surface area (Å²) in [6, 6.07) is 0. The summed E-state index contributed by atoms with van der Waals surface area (Å²) in [6.07, 6.45) is 5.76. The van der Waals surface area contributed by atoms with Crippen LogP contribution in [0.3, 0.4) is 0 Å². The minimum Gasteiger partial charge on any atom is -0.481 e. The molecular weight excluding hydrogens is 142 g/mol. The van der Waals surface area contributed by atoms with E-state index in [0.29, 0.717) is 0 Å². The molecule has 0 amide bonds. The van der Waals surface area contributed by atoms with E-state index in [9.17, 15) is 4.79 Å². The van der Waals surface area contributed by atoms with Crippen LogP contribution < -0.4 is 6.15 Å². The molecule has 11 heavy (non-hydrogen) atoms. The molecule has 2 atom stereocenters. The lowest BCUT2D eigenvalue weighted by atomic mass is 9.85. The van der Waals surface area contributed by atoms with Gasteiger partial charge in [0.15, 0.2) is 0 Å². The Labute approximate surface area is 66.7 Å². The van der Waals surface area contributed by atoms with Crippen LogP contribution in [0.1, 0.15) is 19.8 Å². The maximum absolute atomic E-state index is 10.5. The molecule has 0 radical (unpaired) electrons. The Morgan fingerprint density at radius 2 is 2.27 bits per heavy atom. The molecule has 1 aliphatic carbocycles. The number of allylic oxidation sites excluding steroid dienone is 2. The van der Waals surface area contributed by atoms with Gasteiger partial charge in [-0.3, -0.25) is 4.79 Å². The Bertz CT molecular complexity index is 165. The van der Waals surface area contributed by atoms with Gasteiger partial charge in [-0.05, 0) is 18.8 Å². The van der Waals surface area contributed by atoms with Crippen LogP contribution in [0.25, 0.3) is 0 Å². The van der Waals surface area contributed by atoms with Gasteiger partial charge in [-0.25, -0.2) is 0 Å². The van der Waals surface area contributed by atoms with E-state index < -0.39 is 5.97 Å². The van der Waals surface area contributed by atoms with Crippen molar-refractivity contribution in [2.24, 2.45) is 11.8 Å². The fraction of sp³-hybridized carbons (Fsp3) is 0.625. The van der Waals surface area contributed by atoms with Gasteiger partial charge in [-0.15, -0.1) is 0 Å². The fourth-order valence-corrected chi connectivity index (χ4v) is 1.33. The van der Waals surface area contributed by atoms with Crippen molar-refractivity contribution in [3.63, 3.8) is 0 Å². The number of rotatable bonds is 1. The summed E-state index contributed by atoms with van der Waals surface area (Å²) < 4.78 is 0. The van der Waals surface area contributed by atoms with Crippen LogP contribution in [-0.4, -0.2) is 11.1 Å². The summed E-state index contributed by atoms with van der Waals surface area (Å²) in [6.45, 7) is 1.95. The van der Waals surface area contributed by atoms with E-state index in [0.717, 1.165) is 12.8 Å². The number of hydrogen-bond donors (Lipinski definition) is 2. The molecule has 3 heteroatoms. The van der Waals surface area contributed by atoms with Crippen LogP contribution in [-0.2, 0) is 4.79 Å². The first-order valence-electron chi connectivity index (χ1n) is 3.61. The quantitative estimate of drug-likeness (QED) is 0.570. The Morgan fingerprint density at radius 3 is 2.64 bits per heavy atom. The van der Waals surface area contributed by atoms with Crippen LogP contribution in [0.5, 0.6) is 0 Å². The molecule has 0 aliphatic heterocycles. The first kappa shape index (κ1) is 10.2. The molecule has 3 nitrogen and oxygen atoms in total. The van der Waals surface area contributed by atoms with E-state index in [-0.39, 0.29) is 18.0 Å². The zero-order valence-corrected chi connectivity index (χ0v) is 6.79. The standard InChI is InChI=1S/C8H12O2.H3N/c1-6-4-2-3-5-7(6)8(9)10;/h2,4,6-7H,3,5H2,1H3,(H,9,10);1H3. The van der Waals surface area contributed by atoms with Crippen molar-refractivity contribution >= 4 is 5.97 Å². The SMILES string of the molecule is CC1C=CCCC1C(=O)O.N. The molecule has 0 bridgehead atoms. The normalized spacial score (nSPS) is 29.2. The number of carboxylic acids is 1. The average Bonchev–Trinajstić information content (AvgIpc) is 1.88. The molecule has 1 rings (SSSR count). The zero-order valence-electron chi connectivity index (χ0n) is 6.79. The van der Waals surface area contributed by atoms with Gasteiger partial charge in [0.05, 0.1) is 5.92 Å². The molecule has 0 heterocycles. The molecular formula is C8H15NO2. The molecule has 0 aromatic heterocycles. The Kier molecular flexibility index (Phi) is 3.82. The van der Waals surface area contributed by atoms with Gasteiger partial charge in [-0.1, -0.05) is 19.1 Å². The van der Waals surface area contributed by atoms with E-state index in [1.807, 2.05) is 13.0 Å². The summed E-state index contributed by atoms with van der Waals surface area (Å²) in [4.78, 5) is 10.5. The molecule has 0 saturated carbocycles. The summed E-state index contributed by atoms with van der Waals surface area (Å²) in [7, 11) is 0. The van der Waals surface area contributed by atoms with Crippen molar-refractivity contribution in [1.82, 2.24) is 6.15 Å². The predicted octanol–water partition coefficient (Wildman–Crippen LogP) is 1.84. The summed E-state index contributed by atoms with van der Waals surface area (Å²) in [5, 5.41) is 8.67. The number of carboxylic acid groups (broad SMARTS) is 1. The number of hydrogen-bond acceptors (Lipinski definition) is 2. The van der Waals surface area contributed by atoms with Crippen LogP contribution in [0.15, 0.2) is 12.2 Å². The Morgan fingerprint density at radius 1 is 1.64 bits per heavy atom. The van der Waals surface area contributed by atoms with Crippen LogP contribution >= 0.6 is 0 Å². The largest absolute Gasteiger partial charge is 0.481 e. The highest BCUT2D eigenvalue weighted by atomic mass is 16.4. The average molecular weight is 157 g/mol. The first-order valence-corrected chi connectivity index (χ1v) is 3.61. The van der Waals surface area contributed by atoms with E-state index in [2.05, 4.69) is 6.08 Å². The lowest BCUT2D eigenvalue weighted by Gasteiger charge is -2.19. The van der Waals surface area contributed by atoms with Crippen molar-refractivity contribution in [2.45, 2.75) is 19.8 Å². The maximum atomic E-state index is 10.5. The van der Waals surface area contributed by atoms with Crippen molar-refractivity contribution in [3.05, 3.63) is 12.2 Å². The number of carbonyl (C=O) groups is 1. The third-order valence-electron chi connectivity index (χ3n) is 2.04. The van der Waals surface area contributed by atoms with Crippen LogP contribution in [0, 0.1) is 11.8 Å². The first-order chi connectivity index (χ1) is 4.72. The molecule has 2 unspecified atom stereocenters. The topological polar surface area (TPSA) is 72.3 Å². The molecule has 64 valence electrons. The molecule has 1 aliphatic rings. The lowest BCUT2D eigenvalue weighted by Crippen LogP contribution is -2.21. The molecule has 0 fully saturated rings. The van der Waals surface area contributed by atoms with Gasteiger partial charge < -0.3 is 11.3 Å². The second-order valence-electron chi connectivity index (χ2n) is 2.81. The third-order valence-corrected chi connectivity index (χ3v) is 2.04. The van der Waals surface area contributed by atoms with Gasteiger partial charge in [0.1, 0.15) is 0 Å². The van der Waals surface area contributed by atoms with Gasteiger partial charge in [0.2, 0.25) is 0 Å². The lowest BCUT2D eigenvalue weighted by molar-refractivity contribution is -0.143. The van der Waals surface area contributed by atoms with Gasteiger partial charge in [0, 0.05) is 0 Å². The van der Waals surface area contributed by atoms with Crippen LogP contribution in [0.2, 0.25) is 0 Å². The van der Waals surface area contributed by atoms with E-state index in [1.54, 1.807) is 0 Å². The smallest absolute Gasteiger partial charge is 0.307 e. The predicted molar refractivity (Wildman–Crippen MR) is 43.7 cm³/mol. The zero-order chi connectivity index (χ0) is 7.56. The van der Waals surface area contributed by atoms with Crippen molar-refractivity contribution < 1.29 is 9.90 Å². The van der Waals surface area contributed by atoms with E-state index in [4.69, 9.17) is 5.11 Å². The molecule has 0 saturated heterocycles. The molecule has 0 aromatic rings. The summed E-state index contributed by atoms with van der Waals surface area (Å²) in [5.74, 6) is -0.590. The van der Waals surface area contributed by atoms with E-state index >= 15 is 0 Å². The number of aliphatic carboxylic acids is 1. The minimum absolute atomic E-state index is 0. The Balaban J connectivity index is 0.000001000. The maximum Gasteiger partial charge on any atom is 0.307 e. The monoisotopic (exact) mass is 157 g/mol. The van der Waals surface area contributed by atoms with E-state index in [1.165, 1.54) is 0 Å². The van der Waals surface area contributed by atoms with Gasteiger partial charge >= 0.3 is 5.97 Å². The highest BCUT2D eigenvalue weighted by Crippen LogP contribution is 2.23. The van der Waals surface area contributed by atoms with Gasteiger partial charge in [-0.2, -0.15) is 0 Å². The van der Waals surface area contributed by atoms with Crippen LogP contribution in [0.4, 0.5) is 0 Å². The highest BCUT2D eigenvalue weighted by Gasteiger charge is 2.23. The molecule has 0 spiro atoms. The van der Waals surface area contributed by atoms with Gasteiger partial charge in [0.25, 0.3) is 0 Å². The Hall–Kier alpha value is -0.830. The third kappa shape index (κ3) is 2.35. The fourth-order valence-electron chi connectivity index (χ4n) is 1.33. The van der Waals surface area contributed by atoms with Crippen molar-refractivity contribution in [2.75, 3.05) is 0 Å². The minimum atomic E-state index is -0.656. The molecule has 0 aromatic carbocycles. The highest BCUT2D eigenvalue weighted by molar-refractivity contribution is 5.70. The second-order valence-corrected chi connectivity index (χ2v) is 2.81. The van der Waals surface area contributed by atoms with Crippen molar-refractivity contribution in [3.8, 4) is 0 Å².